The summed E-state index contributed by atoms with van der Waals surface area (Å²) < 4.78 is 2.04. The molecule has 0 bridgehead atoms. The second kappa shape index (κ2) is 8.78. The van der Waals surface area contributed by atoms with Crippen LogP contribution in [0.1, 0.15) is 40.3 Å². The first-order valence-corrected chi connectivity index (χ1v) is 11.9. The maximum atomic E-state index is 10.6. The summed E-state index contributed by atoms with van der Waals surface area (Å²) in [7, 11) is 0. The number of aromatic nitrogens is 2. The molecule has 2 aromatic heterocycles. The van der Waals surface area contributed by atoms with Crippen LogP contribution in [0.2, 0.25) is 5.02 Å². The smallest absolute Gasteiger partial charge is 0.174 e. The molecule has 0 radical (unpaired) electrons. The zero-order chi connectivity index (χ0) is 24.0. The van der Waals surface area contributed by atoms with Crippen molar-refractivity contribution in [1.82, 2.24) is 14.9 Å². The van der Waals surface area contributed by atoms with Crippen molar-refractivity contribution < 1.29 is 5.11 Å². The molecular formula is C27H25ClN4OS. The van der Waals surface area contributed by atoms with E-state index in [-0.39, 0.29) is 17.8 Å². The van der Waals surface area contributed by atoms with Crippen LogP contribution in [0.15, 0.2) is 72.9 Å². The molecule has 0 aliphatic carbocycles. The van der Waals surface area contributed by atoms with Crippen LogP contribution in [0, 0.1) is 20.8 Å². The number of halogens is 1. The highest BCUT2D eigenvalue weighted by molar-refractivity contribution is 7.80. The van der Waals surface area contributed by atoms with Crippen molar-refractivity contribution in [3.8, 4) is 11.4 Å². The van der Waals surface area contributed by atoms with Crippen molar-refractivity contribution in [1.29, 1.82) is 0 Å². The Morgan fingerprint density at radius 1 is 1.00 bits per heavy atom. The van der Waals surface area contributed by atoms with Crippen LogP contribution in [0.3, 0.4) is 0 Å². The number of anilines is 1. The van der Waals surface area contributed by atoms with Gasteiger partial charge < -0.3 is 19.9 Å². The minimum absolute atomic E-state index is 0.134. The first-order valence-electron chi connectivity index (χ1n) is 11.1. The van der Waals surface area contributed by atoms with Crippen molar-refractivity contribution in [2.45, 2.75) is 32.9 Å². The molecule has 1 aliphatic rings. The third-order valence-electron chi connectivity index (χ3n) is 6.35. The van der Waals surface area contributed by atoms with Crippen LogP contribution in [0.5, 0.6) is 5.75 Å². The summed E-state index contributed by atoms with van der Waals surface area (Å²) in [5.74, 6) is 0.176. The monoisotopic (exact) mass is 488 g/mol. The Kier molecular flexibility index (Phi) is 5.80. The van der Waals surface area contributed by atoms with Gasteiger partial charge in [-0.05, 0) is 92.6 Å². The molecule has 172 valence electrons. The second-order valence-corrected chi connectivity index (χ2v) is 9.45. The molecular weight excluding hydrogens is 464 g/mol. The number of hydrogen-bond acceptors (Lipinski definition) is 3. The van der Waals surface area contributed by atoms with E-state index in [1.54, 1.807) is 24.4 Å². The summed E-state index contributed by atoms with van der Waals surface area (Å²) >= 11 is 12.1. The predicted octanol–water partition coefficient (Wildman–Crippen LogP) is 6.33. The number of phenols is 1. The SMILES string of the molecule is Cc1cccc(N2C(=S)N[C@H](c3ccccn3)[C@@H]2c2cc(C)n(-c3cc(Cl)ccc3O)c2C)c1. The lowest BCUT2D eigenvalue weighted by atomic mass is 9.96. The molecule has 1 fully saturated rings. The number of aromatic hydroxyl groups is 1. The van der Waals surface area contributed by atoms with Gasteiger partial charge in [-0.25, -0.2) is 0 Å². The quantitative estimate of drug-likeness (QED) is 0.328. The second-order valence-electron chi connectivity index (χ2n) is 8.63. The molecule has 0 spiro atoms. The van der Waals surface area contributed by atoms with Gasteiger partial charge in [0.2, 0.25) is 0 Å². The van der Waals surface area contributed by atoms with Crippen molar-refractivity contribution in [2.24, 2.45) is 0 Å². The van der Waals surface area contributed by atoms with E-state index in [0.29, 0.717) is 15.8 Å². The molecule has 3 heterocycles. The lowest BCUT2D eigenvalue weighted by Crippen LogP contribution is -2.29. The number of rotatable bonds is 4. The molecule has 0 amide bonds. The first-order chi connectivity index (χ1) is 16.3. The first kappa shape index (κ1) is 22.4. The summed E-state index contributed by atoms with van der Waals surface area (Å²) in [5.41, 5.74) is 6.85. The number of pyridine rings is 1. The lowest BCUT2D eigenvalue weighted by Gasteiger charge is -2.28. The highest BCUT2D eigenvalue weighted by atomic mass is 35.5. The van der Waals surface area contributed by atoms with E-state index in [1.165, 1.54) is 0 Å². The number of thiocarbonyl (C=S) groups is 1. The van der Waals surface area contributed by atoms with Gasteiger partial charge in [0.25, 0.3) is 0 Å². The van der Waals surface area contributed by atoms with Crippen molar-refractivity contribution in [2.75, 3.05) is 4.90 Å². The van der Waals surface area contributed by atoms with E-state index in [0.717, 1.165) is 33.9 Å². The van der Waals surface area contributed by atoms with E-state index in [9.17, 15) is 5.11 Å². The van der Waals surface area contributed by atoms with Gasteiger partial charge in [0.15, 0.2) is 5.11 Å². The van der Waals surface area contributed by atoms with Gasteiger partial charge >= 0.3 is 0 Å². The normalized spacial score (nSPS) is 17.8. The molecule has 0 saturated carbocycles. The summed E-state index contributed by atoms with van der Waals surface area (Å²) in [6, 6.07) is 21.3. The Morgan fingerprint density at radius 3 is 2.56 bits per heavy atom. The molecule has 34 heavy (non-hydrogen) atoms. The fraction of sp³-hybridized carbons (Fsp3) is 0.185. The van der Waals surface area contributed by atoms with Crippen LogP contribution in [-0.4, -0.2) is 19.8 Å². The standard InChI is InChI=1S/C27H25ClN4OS/c1-16-7-6-8-20(13-16)32-26(25(30-27(32)34)22-9-4-5-12-29-22)21-14-17(2)31(18(21)3)23-15-19(28)10-11-24(23)33/h4-15,25-26,33H,1-3H3,(H,30,34)/t25-,26+/m1/s1. The van der Waals surface area contributed by atoms with Crippen LogP contribution in [-0.2, 0) is 0 Å². The molecule has 4 aromatic rings. The number of nitrogens with one attached hydrogen (secondary N) is 1. The Hall–Kier alpha value is -3.35. The maximum Gasteiger partial charge on any atom is 0.174 e. The third-order valence-corrected chi connectivity index (χ3v) is 6.89. The third kappa shape index (κ3) is 3.83. The lowest BCUT2D eigenvalue weighted by molar-refractivity contribution is 0.471. The van der Waals surface area contributed by atoms with E-state index in [1.807, 2.05) is 35.8 Å². The highest BCUT2D eigenvalue weighted by Crippen LogP contribution is 2.44. The van der Waals surface area contributed by atoms with Crippen molar-refractivity contribution in [3.63, 3.8) is 0 Å². The number of benzene rings is 2. The molecule has 7 heteroatoms. The van der Waals surface area contributed by atoms with Crippen LogP contribution >= 0.6 is 23.8 Å². The number of phenolic OH excluding ortho intramolecular Hbond substituents is 1. The molecule has 1 aliphatic heterocycles. The average molecular weight is 489 g/mol. The molecule has 2 aromatic carbocycles. The van der Waals surface area contributed by atoms with Crippen LogP contribution in [0.25, 0.3) is 5.69 Å². The van der Waals surface area contributed by atoms with Crippen molar-refractivity contribution >= 4 is 34.6 Å². The van der Waals surface area contributed by atoms with E-state index < -0.39 is 0 Å². The number of nitrogens with zero attached hydrogens (tertiary/aromatic N) is 3. The van der Waals surface area contributed by atoms with Gasteiger partial charge in [-0.1, -0.05) is 29.8 Å². The Labute approximate surface area is 209 Å². The Balaban J connectivity index is 1.71. The van der Waals surface area contributed by atoms with Crippen LogP contribution < -0.4 is 10.2 Å². The number of aryl methyl sites for hydroxylation is 2. The number of hydrogen-bond donors (Lipinski definition) is 2. The van der Waals surface area contributed by atoms with Gasteiger partial charge in [0, 0.05) is 28.3 Å². The fourth-order valence-corrected chi connectivity index (χ4v) is 5.37. The summed E-state index contributed by atoms with van der Waals surface area (Å²) in [4.78, 5) is 6.82. The van der Waals surface area contributed by atoms with E-state index in [4.69, 9.17) is 23.8 Å². The molecule has 5 rings (SSSR count). The maximum absolute atomic E-state index is 10.6. The molecule has 2 atom stereocenters. The molecule has 2 N–H and O–H groups in total. The summed E-state index contributed by atoms with van der Waals surface area (Å²) in [6.45, 7) is 6.17. The molecule has 0 unspecified atom stereocenters. The van der Waals surface area contributed by atoms with Gasteiger partial charge in [-0.15, -0.1) is 0 Å². The van der Waals surface area contributed by atoms with Gasteiger partial charge in [-0.3, -0.25) is 4.98 Å². The topological polar surface area (TPSA) is 53.3 Å². The summed E-state index contributed by atoms with van der Waals surface area (Å²) in [6.07, 6.45) is 1.81. The van der Waals surface area contributed by atoms with E-state index >= 15 is 0 Å². The van der Waals surface area contributed by atoms with Gasteiger partial charge in [0.1, 0.15) is 5.75 Å². The van der Waals surface area contributed by atoms with Crippen LogP contribution in [0.4, 0.5) is 5.69 Å². The Bertz CT molecular complexity index is 1380. The predicted molar refractivity (Wildman–Crippen MR) is 141 cm³/mol. The highest BCUT2D eigenvalue weighted by Gasteiger charge is 2.42. The van der Waals surface area contributed by atoms with Gasteiger partial charge in [0.05, 0.1) is 23.5 Å². The summed E-state index contributed by atoms with van der Waals surface area (Å²) in [5, 5.41) is 15.4. The molecule has 1 saturated heterocycles. The largest absolute Gasteiger partial charge is 0.506 e. The minimum Gasteiger partial charge on any atom is -0.506 e. The molecule has 5 nitrogen and oxygen atoms in total. The zero-order valence-corrected chi connectivity index (χ0v) is 20.7. The zero-order valence-electron chi connectivity index (χ0n) is 19.2. The van der Waals surface area contributed by atoms with Crippen molar-refractivity contribution in [3.05, 3.63) is 106 Å². The minimum atomic E-state index is -0.142. The fourth-order valence-electron chi connectivity index (χ4n) is 4.86. The van der Waals surface area contributed by atoms with Gasteiger partial charge in [-0.2, -0.15) is 0 Å². The Morgan fingerprint density at radius 2 is 1.82 bits per heavy atom. The average Bonchev–Trinajstić information content (AvgIpc) is 3.31. The van der Waals surface area contributed by atoms with E-state index in [2.05, 4.69) is 53.3 Å².